The van der Waals surface area contributed by atoms with Crippen LogP contribution >= 0.6 is 0 Å². The van der Waals surface area contributed by atoms with Crippen LogP contribution < -0.4 is 5.32 Å². The van der Waals surface area contributed by atoms with Crippen molar-refractivity contribution in [3.63, 3.8) is 0 Å². The van der Waals surface area contributed by atoms with Gasteiger partial charge in [0.1, 0.15) is 0 Å². The van der Waals surface area contributed by atoms with Crippen molar-refractivity contribution in [2.75, 3.05) is 6.61 Å². The van der Waals surface area contributed by atoms with Crippen LogP contribution in [0.4, 0.5) is 0 Å². The van der Waals surface area contributed by atoms with E-state index in [2.05, 4.69) is 12.2 Å². The van der Waals surface area contributed by atoms with E-state index in [-0.39, 0.29) is 17.6 Å². The fraction of sp³-hybridized carbons (Fsp3) is 0.909. The zero-order valence-corrected chi connectivity index (χ0v) is 9.43. The summed E-state index contributed by atoms with van der Waals surface area (Å²) in [4.78, 5) is 11.2. The van der Waals surface area contributed by atoms with E-state index >= 15 is 0 Å². The Morgan fingerprint density at radius 3 is 2.64 bits per heavy atom. The molecule has 1 fully saturated rings. The van der Waals surface area contributed by atoms with Gasteiger partial charge in [0.05, 0.1) is 13.0 Å². The first kappa shape index (κ1) is 11.5. The van der Waals surface area contributed by atoms with E-state index in [1.54, 1.807) is 0 Å². The molecule has 0 heterocycles. The number of esters is 1. The highest BCUT2D eigenvalue weighted by atomic mass is 16.5. The fourth-order valence-electron chi connectivity index (χ4n) is 1.97. The quantitative estimate of drug-likeness (QED) is 0.687. The van der Waals surface area contributed by atoms with Gasteiger partial charge in [0, 0.05) is 11.6 Å². The molecule has 1 atom stereocenters. The number of nitrogens with one attached hydrogen (secondary N) is 1. The van der Waals surface area contributed by atoms with Crippen molar-refractivity contribution >= 4 is 5.97 Å². The summed E-state index contributed by atoms with van der Waals surface area (Å²) in [5.74, 6) is -0.101. The van der Waals surface area contributed by atoms with Crippen LogP contribution in [0.5, 0.6) is 0 Å². The molecule has 1 aliphatic carbocycles. The number of rotatable bonds is 5. The van der Waals surface area contributed by atoms with Crippen molar-refractivity contribution in [2.45, 2.75) is 58.0 Å². The topological polar surface area (TPSA) is 38.3 Å². The van der Waals surface area contributed by atoms with Crippen LogP contribution in [0.15, 0.2) is 0 Å². The summed E-state index contributed by atoms with van der Waals surface area (Å²) in [5.41, 5.74) is 0.270. The van der Waals surface area contributed by atoms with E-state index in [1.165, 1.54) is 19.3 Å². The lowest BCUT2D eigenvalue weighted by Gasteiger charge is -2.41. The van der Waals surface area contributed by atoms with Gasteiger partial charge in [-0.2, -0.15) is 0 Å². The maximum Gasteiger partial charge on any atom is 0.307 e. The third-order valence-corrected chi connectivity index (χ3v) is 2.83. The van der Waals surface area contributed by atoms with Crippen LogP contribution in [0.1, 0.15) is 46.5 Å². The second-order valence-corrected chi connectivity index (χ2v) is 4.47. The zero-order valence-electron chi connectivity index (χ0n) is 9.43. The minimum atomic E-state index is -0.101. The molecule has 0 aromatic heterocycles. The summed E-state index contributed by atoms with van der Waals surface area (Å²) in [5, 5.41) is 3.48. The molecular weight excluding hydrogens is 178 g/mol. The Kier molecular flexibility index (Phi) is 3.93. The third-order valence-electron chi connectivity index (χ3n) is 2.83. The maximum atomic E-state index is 11.2. The van der Waals surface area contributed by atoms with Crippen molar-refractivity contribution in [1.29, 1.82) is 0 Å². The number of carbonyl (C=O) groups excluding carboxylic acids is 1. The van der Waals surface area contributed by atoms with E-state index in [4.69, 9.17) is 4.74 Å². The Morgan fingerprint density at radius 1 is 1.57 bits per heavy atom. The molecule has 0 aliphatic heterocycles. The third kappa shape index (κ3) is 3.29. The van der Waals surface area contributed by atoms with Crippen LogP contribution in [-0.4, -0.2) is 24.2 Å². The first-order chi connectivity index (χ1) is 6.56. The van der Waals surface area contributed by atoms with Gasteiger partial charge in [0.15, 0.2) is 0 Å². The van der Waals surface area contributed by atoms with Crippen LogP contribution in [0.3, 0.4) is 0 Å². The van der Waals surface area contributed by atoms with Crippen molar-refractivity contribution in [3.05, 3.63) is 0 Å². The molecule has 3 nitrogen and oxygen atoms in total. The van der Waals surface area contributed by atoms with E-state index < -0.39 is 0 Å². The number of carbonyl (C=O) groups is 1. The SMILES string of the molecule is CCOC(=O)CC(C)NC1(C)CCC1. The smallest absolute Gasteiger partial charge is 0.307 e. The summed E-state index contributed by atoms with van der Waals surface area (Å²) in [6, 6.07) is 0.222. The molecule has 0 aromatic rings. The molecule has 0 saturated heterocycles. The van der Waals surface area contributed by atoms with Crippen molar-refractivity contribution in [3.8, 4) is 0 Å². The predicted octanol–water partition coefficient (Wildman–Crippen LogP) is 1.86. The number of hydrogen-bond acceptors (Lipinski definition) is 3. The maximum absolute atomic E-state index is 11.2. The van der Waals surface area contributed by atoms with E-state index in [1.807, 2.05) is 13.8 Å². The van der Waals surface area contributed by atoms with E-state index in [0.29, 0.717) is 13.0 Å². The summed E-state index contributed by atoms with van der Waals surface area (Å²) >= 11 is 0. The van der Waals surface area contributed by atoms with E-state index in [9.17, 15) is 4.79 Å². The molecule has 1 N–H and O–H groups in total. The second-order valence-electron chi connectivity index (χ2n) is 4.47. The first-order valence-electron chi connectivity index (χ1n) is 5.49. The largest absolute Gasteiger partial charge is 0.466 e. The molecule has 0 aromatic carbocycles. The number of hydrogen-bond donors (Lipinski definition) is 1. The fourth-order valence-corrected chi connectivity index (χ4v) is 1.97. The molecule has 1 aliphatic rings. The molecule has 0 radical (unpaired) electrons. The monoisotopic (exact) mass is 199 g/mol. The Bertz CT molecular complexity index is 199. The average molecular weight is 199 g/mol. The zero-order chi connectivity index (χ0) is 10.6. The van der Waals surface area contributed by atoms with Gasteiger partial charge in [0.2, 0.25) is 0 Å². The van der Waals surface area contributed by atoms with Gasteiger partial charge in [0.25, 0.3) is 0 Å². The predicted molar refractivity (Wildman–Crippen MR) is 56.1 cm³/mol. The standard InChI is InChI=1S/C11H21NO2/c1-4-14-10(13)8-9(2)12-11(3)6-5-7-11/h9,12H,4-8H2,1-3H3. The second kappa shape index (κ2) is 4.78. The van der Waals surface area contributed by atoms with Gasteiger partial charge in [-0.25, -0.2) is 0 Å². The van der Waals surface area contributed by atoms with Gasteiger partial charge < -0.3 is 10.1 Å². The van der Waals surface area contributed by atoms with E-state index in [0.717, 1.165) is 0 Å². The Balaban J connectivity index is 2.21. The van der Waals surface area contributed by atoms with Crippen LogP contribution in [0.2, 0.25) is 0 Å². The van der Waals surface area contributed by atoms with Crippen molar-refractivity contribution in [1.82, 2.24) is 5.32 Å². The normalized spacial score (nSPS) is 21.1. The lowest BCUT2D eigenvalue weighted by atomic mass is 9.78. The molecule has 3 heteroatoms. The van der Waals surface area contributed by atoms with Crippen LogP contribution in [-0.2, 0) is 9.53 Å². The molecular formula is C11H21NO2. The molecule has 1 rings (SSSR count). The van der Waals surface area contributed by atoms with Crippen LogP contribution in [0, 0.1) is 0 Å². The lowest BCUT2D eigenvalue weighted by Crippen LogP contribution is -2.52. The summed E-state index contributed by atoms with van der Waals surface area (Å²) in [6.45, 7) is 6.57. The summed E-state index contributed by atoms with van der Waals surface area (Å²) < 4.78 is 4.90. The molecule has 82 valence electrons. The molecule has 1 unspecified atom stereocenters. The van der Waals surface area contributed by atoms with Crippen molar-refractivity contribution in [2.24, 2.45) is 0 Å². The van der Waals surface area contributed by atoms with Gasteiger partial charge in [-0.1, -0.05) is 0 Å². The molecule has 0 spiro atoms. The average Bonchev–Trinajstić information content (AvgIpc) is 2.01. The number of ether oxygens (including phenoxy) is 1. The Morgan fingerprint density at radius 2 is 2.21 bits per heavy atom. The lowest BCUT2D eigenvalue weighted by molar-refractivity contribution is -0.143. The summed E-state index contributed by atoms with van der Waals surface area (Å²) in [6.07, 6.45) is 4.22. The Labute approximate surface area is 86.2 Å². The Hall–Kier alpha value is -0.570. The molecule has 1 saturated carbocycles. The minimum Gasteiger partial charge on any atom is -0.466 e. The summed E-state index contributed by atoms with van der Waals surface area (Å²) in [7, 11) is 0. The highest BCUT2D eigenvalue weighted by molar-refractivity contribution is 5.70. The van der Waals surface area contributed by atoms with Crippen molar-refractivity contribution < 1.29 is 9.53 Å². The molecule has 0 bridgehead atoms. The van der Waals surface area contributed by atoms with Gasteiger partial charge in [-0.05, 0) is 40.0 Å². The minimum absolute atomic E-state index is 0.101. The first-order valence-corrected chi connectivity index (χ1v) is 5.49. The van der Waals surface area contributed by atoms with Crippen LogP contribution in [0.25, 0.3) is 0 Å². The highest BCUT2D eigenvalue weighted by Crippen LogP contribution is 2.31. The molecule has 0 amide bonds. The molecule has 14 heavy (non-hydrogen) atoms. The highest BCUT2D eigenvalue weighted by Gasteiger charge is 2.32. The van der Waals surface area contributed by atoms with Gasteiger partial charge >= 0.3 is 5.97 Å². The van der Waals surface area contributed by atoms with Gasteiger partial charge in [-0.3, -0.25) is 4.79 Å². The van der Waals surface area contributed by atoms with Gasteiger partial charge in [-0.15, -0.1) is 0 Å².